The van der Waals surface area contributed by atoms with Crippen molar-refractivity contribution in [2.45, 2.75) is 76.8 Å². The van der Waals surface area contributed by atoms with Crippen LogP contribution in [0.25, 0.3) is 11.4 Å². The molecule has 2 unspecified atom stereocenters. The molecule has 2 aromatic carbocycles. The van der Waals surface area contributed by atoms with Gasteiger partial charge in [-0.25, -0.2) is 18.1 Å². The van der Waals surface area contributed by atoms with Crippen molar-refractivity contribution >= 4 is 9.84 Å². The molecular weight excluding hydrogens is 458 g/mol. The molecule has 188 valence electrons. The molecule has 6 nitrogen and oxygen atoms in total. The molecule has 1 fully saturated rings. The number of hydrogen-bond donors (Lipinski definition) is 0. The second kappa shape index (κ2) is 9.86. The predicted molar refractivity (Wildman–Crippen MR) is 139 cm³/mol. The second-order valence-corrected chi connectivity index (χ2v) is 12.9. The standard InChI is InChI=1S/C28H37N3O3S/c1-19(2)21-10-12-22(13-11-21)20(3)31-26(15-14-24-17-28(4,5)18-34-24)29-27(30-31)23-8-7-9-25(16-23)35(6,32)33/h7-13,16,19-20,24H,14-15,17-18H2,1-6H3. The van der Waals surface area contributed by atoms with E-state index < -0.39 is 9.84 Å². The van der Waals surface area contributed by atoms with E-state index in [0.717, 1.165) is 37.3 Å². The van der Waals surface area contributed by atoms with Crippen LogP contribution < -0.4 is 0 Å². The molecule has 0 bridgehead atoms. The van der Waals surface area contributed by atoms with Gasteiger partial charge in [0.05, 0.1) is 23.6 Å². The van der Waals surface area contributed by atoms with Gasteiger partial charge in [0.25, 0.3) is 0 Å². The molecule has 1 aliphatic heterocycles. The fourth-order valence-corrected chi connectivity index (χ4v) is 5.34. The molecule has 0 spiro atoms. The van der Waals surface area contributed by atoms with Crippen LogP contribution in [0, 0.1) is 5.41 Å². The molecular formula is C28H37N3O3S. The van der Waals surface area contributed by atoms with Gasteiger partial charge in [-0.2, -0.15) is 5.10 Å². The van der Waals surface area contributed by atoms with E-state index >= 15 is 0 Å². The third kappa shape index (κ3) is 6.01. The summed E-state index contributed by atoms with van der Waals surface area (Å²) in [4.78, 5) is 5.16. The normalized spacial score (nSPS) is 18.8. The Morgan fingerprint density at radius 3 is 2.37 bits per heavy atom. The van der Waals surface area contributed by atoms with Crippen molar-refractivity contribution in [3.63, 3.8) is 0 Å². The lowest BCUT2D eigenvalue weighted by molar-refractivity contribution is 0.0935. The van der Waals surface area contributed by atoms with Gasteiger partial charge in [-0.05, 0) is 54.4 Å². The maximum atomic E-state index is 12.1. The van der Waals surface area contributed by atoms with E-state index in [-0.39, 0.29) is 22.5 Å². The molecule has 0 saturated carbocycles. The zero-order chi connectivity index (χ0) is 25.4. The molecule has 2 heterocycles. The molecule has 1 aromatic heterocycles. The molecule has 3 aromatic rings. The summed E-state index contributed by atoms with van der Waals surface area (Å²) < 4.78 is 32.2. The maximum absolute atomic E-state index is 12.1. The quantitative estimate of drug-likeness (QED) is 0.393. The van der Waals surface area contributed by atoms with Gasteiger partial charge in [-0.3, -0.25) is 0 Å². The van der Waals surface area contributed by atoms with E-state index in [4.69, 9.17) is 14.8 Å². The molecule has 4 rings (SSSR count). The summed E-state index contributed by atoms with van der Waals surface area (Å²) >= 11 is 0. The van der Waals surface area contributed by atoms with Crippen molar-refractivity contribution < 1.29 is 13.2 Å². The summed E-state index contributed by atoms with van der Waals surface area (Å²) in [5.41, 5.74) is 3.38. The molecule has 2 atom stereocenters. The van der Waals surface area contributed by atoms with Gasteiger partial charge in [-0.15, -0.1) is 0 Å². The van der Waals surface area contributed by atoms with Crippen LogP contribution >= 0.6 is 0 Å². The molecule has 0 radical (unpaired) electrons. The molecule has 0 N–H and O–H groups in total. The number of benzene rings is 2. The van der Waals surface area contributed by atoms with E-state index in [1.54, 1.807) is 18.2 Å². The number of aromatic nitrogens is 3. The Labute approximate surface area is 209 Å². The second-order valence-electron chi connectivity index (χ2n) is 10.9. The van der Waals surface area contributed by atoms with Gasteiger partial charge in [0.2, 0.25) is 0 Å². The highest BCUT2D eigenvalue weighted by atomic mass is 32.2. The first-order chi connectivity index (χ1) is 16.4. The van der Waals surface area contributed by atoms with Crippen LogP contribution in [0.4, 0.5) is 0 Å². The molecule has 0 aliphatic carbocycles. The van der Waals surface area contributed by atoms with E-state index in [1.807, 2.05) is 10.7 Å². The Balaban J connectivity index is 1.67. The summed E-state index contributed by atoms with van der Waals surface area (Å²) in [5, 5.41) is 4.88. The topological polar surface area (TPSA) is 74.1 Å². The Morgan fingerprint density at radius 1 is 1.09 bits per heavy atom. The number of rotatable bonds is 8. The molecule has 1 aliphatic rings. The Kier molecular flexibility index (Phi) is 7.21. The van der Waals surface area contributed by atoms with E-state index in [0.29, 0.717) is 17.3 Å². The maximum Gasteiger partial charge on any atom is 0.181 e. The van der Waals surface area contributed by atoms with Gasteiger partial charge in [0.1, 0.15) is 5.82 Å². The zero-order valence-electron chi connectivity index (χ0n) is 21.7. The largest absolute Gasteiger partial charge is 0.378 e. The summed E-state index contributed by atoms with van der Waals surface area (Å²) in [5.74, 6) is 1.91. The minimum Gasteiger partial charge on any atom is -0.378 e. The Bertz CT molecular complexity index is 1280. The third-order valence-electron chi connectivity index (χ3n) is 6.85. The lowest BCUT2D eigenvalue weighted by atomic mass is 9.89. The highest BCUT2D eigenvalue weighted by molar-refractivity contribution is 7.90. The SMILES string of the molecule is CC(C)c1ccc(C(C)n2nc(-c3cccc(S(C)(=O)=O)c3)nc2CCC2CC(C)(C)CO2)cc1. The van der Waals surface area contributed by atoms with E-state index in [2.05, 4.69) is 58.9 Å². The summed E-state index contributed by atoms with van der Waals surface area (Å²) in [7, 11) is -3.32. The van der Waals surface area contributed by atoms with Crippen LogP contribution in [0.3, 0.4) is 0 Å². The highest BCUT2D eigenvalue weighted by Gasteiger charge is 2.32. The predicted octanol–water partition coefficient (Wildman–Crippen LogP) is 5.83. The monoisotopic (exact) mass is 495 g/mol. The summed E-state index contributed by atoms with van der Waals surface area (Å²) in [6, 6.07) is 15.5. The van der Waals surface area contributed by atoms with E-state index in [9.17, 15) is 8.42 Å². The lowest BCUT2D eigenvalue weighted by Crippen LogP contribution is -2.15. The first-order valence-electron chi connectivity index (χ1n) is 12.4. The first-order valence-corrected chi connectivity index (χ1v) is 14.3. The lowest BCUT2D eigenvalue weighted by Gasteiger charge is -2.17. The number of ether oxygens (including phenoxy) is 1. The first kappa shape index (κ1) is 25.6. The van der Waals surface area contributed by atoms with E-state index in [1.165, 1.54) is 11.8 Å². The number of hydrogen-bond acceptors (Lipinski definition) is 5. The van der Waals surface area contributed by atoms with Crippen molar-refractivity contribution in [1.82, 2.24) is 14.8 Å². The van der Waals surface area contributed by atoms with Crippen LogP contribution in [0.1, 0.15) is 76.4 Å². The van der Waals surface area contributed by atoms with Crippen LogP contribution in [-0.4, -0.2) is 42.1 Å². The summed E-state index contributed by atoms with van der Waals surface area (Å²) in [6.07, 6.45) is 4.09. The van der Waals surface area contributed by atoms with Crippen LogP contribution in [0.5, 0.6) is 0 Å². The van der Waals surface area contributed by atoms with Crippen LogP contribution in [0.15, 0.2) is 53.4 Å². The smallest absolute Gasteiger partial charge is 0.181 e. The molecule has 35 heavy (non-hydrogen) atoms. The van der Waals surface area contributed by atoms with Crippen molar-refractivity contribution in [2.24, 2.45) is 5.41 Å². The average Bonchev–Trinajstić information content (AvgIpc) is 3.39. The van der Waals surface area contributed by atoms with Gasteiger partial charge in [0, 0.05) is 18.2 Å². The van der Waals surface area contributed by atoms with Crippen molar-refractivity contribution in [3.05, 3.63) is 65.5 Å². The molecule has 0 amide bonds. The Hall–Kier alpha value is -2.51. The molecule has 7 heteroatoms. The zero-order valence-corrected chi connectivity index (χ0v) is 22.5. The fraction of sp³-hybridized carbons (Fsp3) is 0.500. The van der Waals surface area contributed by atoms with Crippen LogP contribution in [0.2, 0.25) is 0 Å². The minimum atomic E-state index is -3.32. The van der Waals surface area contributed by atoms with Gasteiger partial charge in [-0.1, -0.05) is 64.1 Å². The third-order valence-corrected chi connectivity index (χ3v) is 7.96. The molecule has 1 saturated heterocycles. The van der Waals surface area contributed by atoms with Crippen molar-refractivity contribution in [3.8, 4) is 11.4 Å². The number of aryl methyl sites for hydroxylation is 1. The number of nitrogens with zero attached hydrogens (tertiary/aromatic N) is 3. The fourth-order valence-electron chi connectivity index (χ4n) is 4.68. The van der Waals surface area contributed by atoms with Crippen LogP contribution in [-0.2, 0) is 21.0 Å². The van der Waals surface area contributed by atoms with Crippen molar-refractivity contribution in [1.29, 1.82) is 0 Å². The van der Waals surface area contributed by atoms with Gasteiger partial charge >= 0.3 is 0 Å². The van der Waals surface area contributed by atoms with Gasteiger partial charge in [0.15, 0.2) is 15.7 Å². The highest BCUT2D eigenvalue weighted by Crippen LogP contribution is 2.34. The average molecular weight is 496 g/mol. The number of sulfone groups is 1. The minimum absolute atomic E-state index is 0.00788. The van der Waals surface area contributed by atoms with Gasteiger partial charge < -0.3 is 4.74 Å². The Morgan fingerprint density at radius 2 is 1.77 bits per heavy atom. The van der Waals surface area contributed by atoms with Crippen molar-refractivity contribution in [2.75, 3.05) is 12.9 Å². The summed E-state index contributed by atoms with van der Waals surface area (Å²) in [6.45, 7) is 11.8.